The van der Waals surface area contributed by atoms with Crippen LogP contribution in [0.25, 0.3) is 0 Å². The predicted octanol–water partition coefficient (Wildman–Crippen LogP) is 5.36. The Hall–Kier alpha value is -0.580. The van der Waals surface area contributed by atoms with Gasteiger partial charge in [0.05, 0.1) is 8.95 Å². The van der Waals surface area contributed by atoms with Gasteiger partial charge in [-0.2, -0.15) is 0 Å². The maximum absolute atomic E-state index is 5.87. The van der Waals surface area contributed by atoms with Crippen LogP contribution >= 0.6 is 43.5 Å². The van der Waals surface area contributed by atoms with Gasteiger partial charge in [-0.3, -0.25) is 0 Å². The minimum absolute atomic E-state index is 0.535. The number of pyridine rings is 1. The van der Waals surface area contributed by atoms with Crippen molar-refractivity contribution in [3.63, 3.8) is 0 Å². The maximum Gasteiger partial charge on any atom is 0.233 e. The SMILES string of the molecule is Cc1ccnc(Oc2ccc(Cl)cc2Br)c1Br. The van der Waals surface area contributed by atoms with E-state index >= 15 is 0 Å². The molecule has 17 heavy (non-hydrogen) atoms. The van der Waals surface area contributed by atoms with Gasteiger partial charge in [-0.25, -0.2) is 4.98 Å². The van der Waals surface area contributed by atoms with E-state index in [2.05, 4.69) is 36.8 Å². The molecular formula is C12H8Br2ClNO. The van der Waals surface area contributed by atoms with E-state index in [-0.39, 0.29) is 0 Å². The molecule has 0 spiro atoms. The van der Waals surface area contributed by atoms with Gasteiger partial charge in [-0.1, -0.05) is 11.6 Å². The van der Waals surface area contributed by atoms with Crippen molar-refractivity contribution in [3.8, 4) is 11.6 Å². The van der Waals surface area contributed by atoms with E-state index < -0.39 is 0 Å². The molecule has 2 aromatic rings. The van der Waals surface area contributed by atoms with Crippen LogP contribution in [0.2, 0.25) is 5.02 Å². The minimum Gasteiger partial charge on any atom is -0.437 e. The number of benzene rings is 1. The van der Waals surface area contributed by atoms with E-state index in [1.54, 1.807) is 24.4 Å². The van der Waals surface area contributed by atoms with Crippen LogP contribution in [0.1, 0.15) is 5.56 Å². The summed E-state index contributed by atoms with van der Waals surface area (Å²) in [5, 5.41) is 0.653. The molecule has 0 fully saturated rings. The molecule has 0 unspecified atom stereocenters. The number of halogens is 3. The van der Waals surface area contributed by atoms with Crippen molar-refractivity contribution in [2.45, 2.75) is 6.92 Å². The number of rotatable bonds is 2. The van der Waals surface area contributed by atoms with E-state index in [0.717, 1.165) is 14.5 Å². The molecule has 5 heteroatoms. The number of hydrogen-bond acceptors (Lipinski definition) is 2. The maximum atomic E-state index is 5.87. The molecule has 0 saturated carbocycles. The standard InChI is InChI=1S/C12H8Br2ClNO/c1-7-4-5-16-12(11(7)14)17-10-3-2-8(15)6-9(10)13/h2-6H,1H3. The minimum atomic E-state index is 0.535. The molecule has 1 heterocycles. The summed E-state index contributed by atoms with van der Waals surface area (Å²) in [6, 6.07) is 7.25. The van der Waals surface area contributed by atoms with Gasteiger partial charge in [0.1, 0.15) is 5.75 Å². The summed E-state index contributed by atoms with van der Waals surface area (Å²) in [5.41, 5.74) is 1.07. The van der Waals surface area contributed by atoms with Crippen molar-refractivity contribution in [3.05, 3.63) is 50.0 Å². The van der Waals surface area contributed by atoms with E-state index in [0.29, 0.717) is 16.7 Å². The third-order valence-electron chi connectivity index (χ3n) is 2.15. The van der Waals surface area contributed by atoms with Crippen LogP contribution in [0.4, 0.5) is 0 Å². The zero-order valence-electron chi connectivity index (χ0n) is 8.88. The first kappa shape index (κ1) is 12.9. The Morgan fingerprint density at radius 1 is 1.24 bits per heavy atom. The highest BCUT2D eigenvalue weighted by Crippen LogP contribution is 2.34. The lowest BCUT2D eigenvalue weighted by Crippen LogP contribution is -1.91. The van der Waals surface area contributed by atoms with Crippen molar-refractivity contribution in [1.29, 1.82) is 0 Å². The van der Waals surface area contributed by atoms with Gasteiger partial charge in [0.15, 0.2) is 0 Å². The van der Waals surface area contributed by atoms with Gasteiger partial charge in [-0.05, 0) is 68.6 Å². The third kappa shape index (κ3) is 3.00. The molecule has 0 aliphatic rings. The van der Waals surface area contributed by atoms with Crippen LogP contribution in [0.3, 0.4) is 0 Å². The highest BCUT2D eigenvalue weighted by atomic mass is 79.9. The summed E-state index contributed by atoms with van der Waals surface area (Å²) in [6.07, 6.45) is 1.71. The molecule has 0 radical (unpaired) electrons. The van der Waals surface area contributed by atoms with Crippen LogP contribution in [-0.2, 0) is 0 Å². The number of hydrogen-bond donors (Lipinski definition) is 0. The van der Waals surface area contributed by atoms with Gasteiger partial charge in [-0.15, -0.1) is 0 Å². The number of aromatic nitrogens is 1. The molecule has 0 aliphatic heterocycles. The molecule has 0 atom stereocenters. The van der Waals surface area contributed by atoms with E-state index in [9.17, 15) is 0 Å². The fourth-order valence-corrected chi connectivity index (χ4v) is 2.33. The number of aryl methyl sites for hydroxylation is 1. The second-order valence-electron chi connectivity index (χ2n) is 3.42. The Bertz CT molecular complexity index is 560. The fraction of sp³-hybridized carbons (Fsp3) is 0.0833. The highest BCUT2D eigenvalue weighted by molar-refractivity contribution is 9.11. The molecule has 2 rings (SSSR count). The molecule has 2 nitrogen and oxygen atoms in total. The molecule has 88 valence electrons. The van der Waals surface area contributed by atoms with Gasteiger partial charge < -0.3 is 4.74 Å². The largest absolute Gasteiger partial charge is 0.437 e. The second kappa shape index (κ2) is 5.38. The Labute approximate surface area is 121 Å². The van der Waals surface area contributed by atoms with Gasteiger partial charge in [0.25, 0.3) is 0 Å². The summed E-state index contributed by atoms with van der Waals surface area (Å²) in [7, 11) is 0. The number of ether oxygens (including phenoxy) is 1. The van der Waals surface area contributed by atoms with E-state index in [1.807, 2.05) is 13.0 Å². The van der Waals surface area contributed by atoms with Gasteiger partial charge >= 0.3 is 0 Å². The van der Waals surface area contributed by atoms with Crippen LogP contribution < -0.4 is 4.74 Å². The van der Waals surface area contributed by atoms with Crippen LogP contribution in [0.15, 0.2) is 39.4 Å². The van der Waals surface area contributed by atoms with Gasteiger partial charge in [0, 0.05) is 11.2 Å². The first-order valence-electron chi connectivity index (χ1n) is 4.82. The zero-order chi connectivity index (χ0) is 12.4. The average molecular weight is 377 g/mol. The van der Waals surface area contributed by atoms with Crippen LogP contribution in [-0.4, -0.2) is 4.98 Å². The lowest BCUT2D eigenvalue weighted by atomic mass is 10.3. The highest BCUT2D eigenvalue weighted by Gasteiger charge is 2.09. The molecule has 0 N–H and O–H groups in total. The summed E-state index contributed by atoms with van der Waals surface area (Å²) in [5.74, 6) is 1.21. The lowest BCUT2D eigenvalue weighted by Gasteiger charge is -2.09. The molecule has 0 bridgehead atoms. The summed E-state index contributed by atoms with van der Waals surface area (Å²) < 4.78 is 7.35. The van der Waals surface area contributed by atoms with Crippen molar-refractivity contribution >= 4 is 43.5 Å². The zero-order valence-corrected chi connectivity index (χ0v) is 12.8. The Morgan fingerprint density at radius 2 is 2.00 bits per heavy atom. The van der Waals surface area contributed by atoms with E-state index in [4.69, 9.17) is 16.3 Å². The molecule has 1 aromatic carbocycles. The summed E-state index contributed by atoms with van der Waals surface area (Å²) >= 11 is 12.7. The van der Waals surface area contributed by atoms with Crippen molar-refractivity contribution in [1.82, 2.24) is 4.98 Å². The molecule has 0 amide bonds. The number of nitrogens with zero attached hydrogens (tertiary/aromatic N) is 1. The summed E-state index contributed by atoms with van der Waals surface area (Å²) in [4.78, 5) is 4.18. The first-order valence-corrected chi connectivity index (χ1v) is 6.78. The van der Waals surface area contributed by atoms with Crippen molar-refractivity contribution < 1.29 is 4.74 Å². The quantitative estimate of drug-likeness (QED) is 0.703. The summed E-state index contributed by atoms with van der Waals surface area (Å²) in [6.45, 7) is 1.98. The van der Waals surface area contributed by atoms with Crippen LogP contribution in [0.5, 0.6) is 11.6 Å². The van der Waals surface area contributed by atoms with Gasteiger partial charge in [0.2, 0.25) is 5.88 Å². The fourth-order valence-electron chi connectivity index (χ4n) is 1.25. The predicted molar refractivity (Wildman–Crippen MR) is 75.9 cm³/mol. The average Bonchev–Trinajstić information content (AvgIpc) is 2.28. The molecule has 0 saturated heterocycles. The first-order chi connectivity index (χ1) is 8.08. The second-order valence-corrected chi connectivity index (χ2v) is 5.51. The van der Waals surface area contributed by atoms with E-state index in [1.165, 1.54) is 0 Å². The Kier molecular flexibility index (Phi) is 4.07. The Balaban J connectivity index is 2.35. The molecule has 1 aromatic heterocycles. The monoisotopic (exact) mass is 375 g/mol. The smallest absolute Gasteiger partial charge is 0.233 e. The molecule has 0 aliphatic carbocycles. The van der Waals surface area contributed by atoms with Crippen molar-refractivity contribution in [2.24, 2.45) is 0 Å². The molecular weight excluding hydrogens is 369 g/mol. The Morgan fingerprint density at radius 3 is 2.71 bits per heavy atom. The topological polar surface area (TPSA) is 22.1 Å². The third-order valence-corrected chi connectivity index (χ3v) is 3.97. The van der Waals surface area contributed by atoms with Crippen molar-refractivity contribution in [2.75, 3.05) is 0 Å². The lowest BCUT2D eigenvalue weighted by molar-refractivity contribution is 0.456. The van der Waals surface area contributed by atoms with Crippen LogP contribution in [0, 0.1) is 6.92 Å². The normalized spacial score (nSPS) is 10.4.